The van der Waals surface area contributed by atoms with Gasteiger partial charge in [-0.1, -0.05) is 35.9 Å². The van der Waals surface area contributed by atoms with Crippen molar-refractivity contribution in [2.75, 3.05) is 10.6 Å². The molecule has 0 aliphatic heterocycles. The standard InChI is InChI=1S/C16H17ClN2O/c1-10-7-8-13(17)9-14(10)18-16(20)19-15-11(2)5-4-6-12(15)3/h4-9H,1-3H3,(H2,18,19,20). The highest BCUT2D eigenvalue weighted by Gasteiger charge is 2.08. The Kier molecular flexibility index (Phi) is 4.30. The van der Waals surface area contributed by atoms with Gasteiger partial charge in [-0.15, -0.1) is 0 Å². The molecule has 0 saturated heterocycles. The second-order valence-corrected chi connectivity index (χ2v) is 5.24. The summed E-state index contributed by atoms with van der Waals surface area (Å²) in [7, 11) is 0. The largest absolute Gasteiger partial charge is 0.323 e. The predicted octanol–water partition coefficient (Wildman–Crippen LogP) is 4.91. The van der Waals surface area contributed by atoms with Gasteiger partial charge < -0.3 is 10.6 Å². The third-order valence-electron chi connectivity index (χ3n) is 3.17. The molecule has 0 radical (unpaired) electrons. The molecule has 20 heavy (non-hydrogen) atoms. The number of para-hydroxylation sites is 1. The van der Waals surface area contributed by atoms with Crippen LogP contribution in [-0.2, 0) is 0 Å². The first-order chi connectivity index (χ1) is 9.47. The highest BCUT2D eigenvalue weighted by molar-refractivity contribution is 6.31. The minimum absolute atomic E-state index is 0.271. The molecule has 0 bridgehead atoms. The number of amides is 2. The van der Waals surface area contributed by atoms with Gasteiger partial charge in [0, 0.05) is 16.4 Å². The summed E-state index contributed by atoms with van der Waals surface area (Å²) in [5.41, 5.74) is 4.57. The summed E-state index contributed by atoms with van der Waals surface area (Å²) < 4.78 is 0. The van der Waals surface area contributed by atoms with E-state index in [9.17, 15) is 4.79 Å². The van der Waals surface area contributed by atoms with Crippen LogP contribution in [0.1, 0.15) is 16.7 Å². The van der Waals surface area contributed by atoms with Crippen LogP contribution >= 0.6 is 11.6 Å². The SMILES string of the molecule is Cc1ccc(Cl)cc1NC(=O)Nc1c(C)cccc1C. The van der Waals surface area contributed by atoms with Crippen LogP contribution in [0.15, 0.2) is 36.4 Å². The zero-order valence-corrected chi connectivity index (χ0v) is 12.5. The smallest absolute Gasteiger partial charge is 0.307 e. The van der Waals surface area contributed by atoms with Gasteiger partial charge in [-0.2, -0.15) is 0 Å². The maximum Gasteiger partial charge on any atom is 0.323 e. The van der Waals surface area contributed by atoms with Gasteiger partial charge in [0.2, 0.25) is 0 Å². The van der Waals surface area contributed by atoms with Gasteiger partial charge in [-0.05, 0) is 49.6 Å². The van der Waals surface area contributed by atoms with Crippen molar-refractivity contribution in [1.82, 2.24) is 0 Å². The number of rotatable bonds is 2. The van der Waals surface area contributed by atoms with Crippen molar-refractivity contribution in [1.29, 1.82) is 0 Å². The Morgan fingerprint density at radius 3 is 2.25 bits per heavy atom. The van der Waals surface area contributed by atoms with Crippen LogP contribution in [-0.4, -0.2) is 6.03 Å². The Morgan fingerprint density at radius 2 is 1.60 bits per heavy atom. The maximum atomic E-state index is 12.1. The van der Waals surface area contributed by atoms with E-state index in [1.807, 2.05) is 45.0 Å². The fraction of sp³-hybridized carbons (Fsp3) is 0.188. The van der Waals surface area contributed by atoms with Gasteiger partial charge in [0.05, 0.1) is 0 Å². The lowest BCUT2D eigenvalue weighted by Gasteiger charge is -2.13. The molecule has 0 spiro atoms. The number of halogens is 1. The Labute approximate surface area is 124 Å². The predicted molar refractivity (Wildman–Crippen MR) is 84.7 cm³/mol. The third kappa shape index (κ3) is 3.31. The van der Waals surface area contributed by atoms with Crippen LogP contribution in [0.5, 0.6) is 0 Å². The number of carbonyl (C=O) groups is 1. The maximum absolute atomic E-state index is 12.1. The summed E-state index contributed by atoms with van der Waals surface area (Å²) in [4.78, 5) is 12.1. The molecule has 0 heterocycles. The molecule has 0 aliphatic carbocycles. The molecule has 2 amide bonds. The van der Waals surface area contributed by atoms with Crippen LogP contribution in [0.3, 0.4) is 0 Å². The van der Waals surface area contributed by atoms with Gasteiger partial charge in [0.15, 0.2) is 0 Å². The topological polar surface area (TPSA) is 41.1 Å². The summed E-state index contributed by atoms with van der Waals surface area (Å²) in [5, 5.41) is 6.30. The average molecular weight is 289 g/mol. The van der Waals surface area contributed by atoms with E-state index in [1.165, 1.54) is 0 Å². The van der Waals surface area contributed by atoms with Crippen molar-refractivity contribution in [3.8, 4) is 0 Å². The van der Waals surface area contributed by atoms with E-state index in [1.54, 1.807) is 12.1 Å². The first-order valence-corrected chi connectivity index (χ1v) is 6.75. The van der Waals surface area contributed by atoms with Gasteiger partial charge in [-0.3, -0.25) is 0 Å². The molecule has 104 valence electrons. The third-order valence-corrected chi connectivity index (χ3v) is 3.40. The second kappa shape index (κ2) is 5.97. The second-order valence-electron chi connectivity index (χ2n) is 4.81. The van der Waals surface area contributed by atoms with Crippen molar-refractivity contribution < 1.29 is 4.79 Å². The number of benzene rings is 2. The Bertz CT molecular complexity index is 633. The van der Waals surface area contributed by atoms with Crippen LogP contribution in [0, 0.1) is 20.8 Å². The van der Waals surface area contributed by atoms with Crippen molar-refractivity contribution in [2.45, 2.75) is 20.8 Å². The summed E-state index contributed by atoms with van der Waals surface area (Å²) in [6.45, 7) is 5.85. The van der Waals surface area contributed by atoms with Crippen molar-refractivity contribution >= 4 is 29.0 Å². The first-order valence-electron chi connectivity index (χ1n) is 6.38. The molecule has 0 aromatic heterocycles. The van der Waals surface area contributed by atoms with Crippen molar-refractivity contribution in [3.05, 3.63) is 58.1 Å². The summed E-state index contributed by atoms with van der Waals surface area (Å²) in [6.07, 6.45) is 0. The lowest BCUT2D eigenvalue weighted by atomic mass is 10.1. The molecular weight excluding hydrogens is 272 g/mol. The first kappa shape index (κ1) is 14.4. The number of nitrogens with one attached hydrogen (secondary N) is 2. The van der Waals surface area contributed by atoms with Crippen LogP contribution < -0.4 is 10.6 Å². The molecule has 3 nitrogen and oxygen atoms in total. The van der Waals surface area contributed by atoms with Crippen LogP contribution in [0.4, 0.5) is 16.2 Å². The molecule has 0 saturated carbocycles. The zero-order valence-electron chi connectivity index (χ0n) is 11.8. The number of hydrogen-bond donors (Lipinski definition) is 2. The average Bonchev–Trinajstić information content (AvgIpc) is 2.38. The quantitative estimate of drug-likeness (QED) is 0.810. The number of carbonyl (C=O) groups excluding carboxylic acids is 1. The van der Waals surface area contributed by atoms with Crippen LogP contribution in [0.25, 0.3) is 0 Å². The van der Waals surface area contributed by atoms with Gasteiger partial charge >= 0.3 is 6.03 Å². The van der Waals surface area contributed by atoms with Crippen molar-refractivity contribution in [3.63, 3.8) is 0 Å². The van der Waals surface area contributed by atoms with E-state index in [2.05, 4.69) is 10.6 Å². The number of anilines is 2. The minimum atomic E-state index is -0.271. The fourth-order valence-corrected chi connectivity index (χ4v) is 2.18. The lowest BCUT2D eigenvalue weighted by molar-refractivity contribution is 0.262. The Hall–Kier alpha value is -2.00. The van der Waals surface area contributed by atoms with Gasteiger partial charge in [-0.25, -0.2) is 4.79 Å². The molecule has 0 fully saturated rings. The summed E-state index contributed by atoms with van der Waals surface area (Å²) in [5.74, 6) is 0. The van der Waals surface area contributed by atoms with Gasteiger partial charge in [0.1, 0.15) is 0 Å². The molecule has 2 aromatic carbocycles. The fourth-order valence-electron chi connectivity index (χ4n) is 2.01. The van der Waals surface area contributed by atoms with E-state index < -0.39 is 0 Å². The van der Waals surface area contributed by atoms with Gasteiger partial charge in [0.25, 0.3) is 0 Å². The molecule has 2 aromatic rings. The summed E-state index contributed by atoms with van der Waals surface area (Å²) in [6, 6.07) is 11.0. The minimum Gasteiger partial charge on any atom is -0.307 e. The molecule has 0 aliphatic rings. The molecule has 4 heteroatoms. The molecule has 0 unspecified atom stereocenters. The molecule has 2 rings (SSSR count). The lowest BCUT2D eigenvalue weighted by Crippen LogP contribution is -2.21. The summed E-state index contributed by atoms with van der Waals surface area (Å²) >= 11 is 5.94. The molecular formula is C16H17ClN2O. The normalized spacial score (nSPS) is 10.2. The zero-order chi connectivity index (χ0) is 14.7. The number of aryl methyl sites for hydroxylation is 3. The highest BCUT2D eigenvalue weighted by atomic mass is 35.5. The van der Waals surface area contributed by atoms with E-state index in [-0.39, 0.29) is 6.03 Å². The molecule has 2 N–H and O–H groups in total. The molecule has 0 atom stereocenters. The van der Waals surface area contributed by atoms with E-state index in [0.717, 1.165) is 22.4 Å². The number of hydrogen-bond acceptors (Lipinski definition) is 1. The Morgan fingerprint density at radius 1 is 0.950 bits per heavy atom. The van der Waals surface area contributed by atoms with E-state index >= 15 is 0 Å². The van der Waals surface area contributed by atoms with E-state index in [0.29, 0.717) is 10.7 Å². The van der Waals surface area contributed by atoms with Crippen LogP contribution in [0.2, 0.25) is 5.02 Å². The van der Waals surface area contributed by atoms with Crippen molar-refractivity contribution in [2.24, 2.45) is 0 Å². The monoisotopic (exact) mass is 288 g/mol. The Balaban J connectivity index is 2.15. The highest BCUT2D eigenvalue weighted by Crippen LogP contribution is 2.22. The van der Waals surface area contributed by atoms with E-state index in [4.69, 9.17) is 11.6 Å². The number of urea groups is 1.